The molecule has 0 bridgehead atoms. The molecule has 0 fully saturated rings. The molecule has 0 amide bonds. The Labute approximate surface area is 106 Å². The number of anilines is 1. The summed E-state index contributed by atoms with van der Waals surface area (Å²) in [4.78, 5) is 0. The van der Waals surface area contributed by atoms with Crippen molar-refractivity contribution in [3.05, 3.63) is 28.2 Å². The van der Waals surface area contributed by atoms with E-state index in [0.717, 1.165) is 22.1 Å². The molecule has 3 heteroatoms. The molecular weight excluding hydrogens is 266 g/mol. The highest BCUT2D eigenvalue weighted by molar-refractivity contribution is 9.10. The van der Waals surface area contributed by atoms with Crippen LogP contribution in [0.2, 0.25) is 0 Å². The van der Waals surface area contributed by atoms with E-state index in [1.54, 1.807) is 0 Å². The molecule has 0 saturated carbocycles. The smallest absolute Gasteiger partial charge is 0.0740 e. The lowest BCUT2D eigenvalue weighted by Gasteiger charge is -2.16. The lowest BCUT2D eigenvalue weighted by Crippen LogP contribution is -2.11. The third-order valence-corrected chi connectivity index (χ3v) is 2.93. The van der Waals surface area contributed by atoms with Crippen molar-refractivity contribution in [2.45, 2.75) is 39.9 Å². The monoisotopic (exact) mass is 285 g/mol. The lowest BCUT2D eigenvalue weighted by atomic mass is 10.1. The highest BCUT2D eigenvalue weighted by Crippen LogP contribution is 2.20. The average Bonchev–Trinajstić information content (AvgIpc) is 2.15. The summed E-state index contributed by atoms with van der Waals surface area (Å²) >= 11 is 3.39. The molecule has 16 heavy (non-hydrogen) atoms. The van der Waals surface area contributed by atoms with Gasteiger partial charge in [0, 0.05) is 15.7 Å². The first-order chi connectivity index (χ1) is 7.49. The van der Waals surface area contributed by atoms with Gasteiger partial charge in [0.25, 0.3) is 0 Å². The predicted molar refractivity (Wildman–Crippen MR) is 72.3 cm³/mol. The Bertz CT molecular complexity index is 339. The molecule has 0 aromatic heterocycles. The van der Waals surface area contributed by atoms with Crippen molar-refractivity contribution in [1.82, 2.24) is 0 Å². The molecule has 1 aromatic rings. The van der Waals surface area contributed by atoms with E-state index in [1.165, 1.54) is 0 Å². The second kappa shape index (κ2) is 6.26. The summed E-state index contributed by atoms with van der Waals surface area (Å²) in [6, 6.07) is 5.90. The van der Waals surface area contributed by atoms with Crippen molar-refractivity contribution < 1.29 is 4.74 Å². The summed E-state index contributed by atoms with van der Waals surface area (Å²) in [5.41, 5.74) is 7.74. The fourth-order valence-corrected chi connectivity index (χ4v) is 2.04. The highest BCUT2D eigenvalue weighted by Gasteiger charge is 2.07. The molecule has 90 valence electrons. The zero-order valence-electron chi connectivity index (χ0n) is 10.2. The van der Waals surface area contributed by atoms with Crippen LogP contribution in [0.5, 0.6) is 0 Å². The molecule has 2 nitrogen and oxygen atoms in total. The Morgan fingerprint density at radius 1 is 1.31 bits per heavy atom. The maximum atomic E-state index is 5.90. The first-order valence-corrected chi connectivity index (χ1v) is 6.44. The normalized spacial score (nSPS) is 13.1. The number of ether oxygens (including phenoxy) is 1. The van der Waals surface area contributed by atoms with E-state index in [9.17, 15) is 0 Å². The molecule has 0 aliphatic heterocycles. The Morgan fingerprint density at radius 2 is 2.00 bits per heavy atom. The fourth-order valence-electron chi connectivity index (χ4n) is 1.66. The molecule has 0 spiro atoms. The maximum absolute atomic E-state index is 5.90. The van der Waals surface area contributed by atoms with Crippen LogP contribution >= 0.6 is 15.9 Å². The van der Waals surface area contributed by atoms with Gasteiger partial charge in [-0.1, -0.05) is 35.8 Å². The minimum absolute atomic E-state index is 0.281. The summed E-state index contributed by atoms with van der Waals surface area (Å²) in [6.07, 6.45) is 1.36. The minimum Gasteiger partial charge on any atom is -0.398 e. The Balaban J connectivity index is 2.48. The van der Waals surface area contributed by atoms with Crippen LogP contribution in [-0.2, 0) is 11.3 Å². The Kier molecular flexibility index (Phi) is 5.29. The van der Waals surface area contributed by atoms with E-state index in [4.69, 9.17) is 10.5 Å². The quantitative estimate of drug-likeness (QED) is 0.831. The van der Waals surface area contributed by atoms with Gasteiger partial charge in [-0.15, -0.1) is 0 Å². The first kappa shape index (κ1) is 13.5. The number of benzene rings is 1. The van der Waals surface area contributed by atoms with Gasteiger partial charge in [0.1, 0.15) is 0 Å². The van der Waals surface area contributed by atoms with Crippen LogP contribution in [-0.4, -0.2) is 6.10 Å². The van der Waals surface area contributed by atoms with Crippen LogP contribution in [0.4, 0.5) is 5.69 Å². The molecule has 1 unspecified atom stereocenters. The largest absolute Gasteiger partial charge is 0.398 e. The average molecular weight is 286 g/mol. The molecule has 0 aliphatic carbocycles. The molecular formula is C13H20BrNO. The van der Waals surface area contributed by atoms with Crippen LogP contribution in [0.15, 0.2) is 22.7 Å². The second-order valence-corrected chi connectivity index (χ2v) is 5.51. The van der Waals surface area contributed by atoms with Crippen molar-refractivity contribution in [2.24, 2.45) is 5.92 Å². The third-order valence-electron chi connectivity index (χ3n) is 2.43. The first-order valence-electron chi connectivity index (χ1n) is 5.64. The molecule has 1 rings (SSSR count). The van der Waals surface area contributed by atoms with Gasteiger partial charge in [-0.25, -0.2) is 0 Å². The van der Waals surface area contributed by atoms with Gasteiger partial charge >= 0.3 is 0 Å². The molecule has 2 N–H and O–H groups in total. The topological polar surface area (TPSA) is 35.2 Å². The van der Waals surface area contributed by atoms with Gasteiger partial charge < -0.3 is 10.5 Å². The van der Waals surface area contributed by atoms with Crippen LogP contribution in [0.25, 0.3) is 0 Å². The van der Waals surface area contributed by atoms with E-state index in [-0.39, 0.29) is 6.10 Å². The number of hydrogen-bond donors (Lipinski definition) is 1. The Morgan fingerprint density at radius 3 is 2.56 bits per heavy atom. The van der Waals surface area contributed by atoms with Gasteiger partial charge in [0.05, 0.1) is 12.7 Å². The van der Waals surface area contributed by atoms with E-state index in [2.05, 4.69) is 36.7 Å². The standard InChI is InChI=1S/C13H20BrNO/c1-9(2)6-10(3)16-8-11-4-5-12(14)7-13(11)15/h4-5,7,9-10H,6,8,15H2,1-3H3. The molecule has 1 atom stereocenters. The SMILES string of the molecule is CC(C)CC(C)OCc1ccc(Br)cc1N. The van der Waals surface area contributed by atoms with E-state index < -0.39 is 0 Å². The van der Waals surface area contributed by atoms with Crippen LogP contribution in [0.3, 0.4) is 0 Å². The number of nitrogen functional groups attached to an aromatic ring is 1. The predicted octanol–water partition coefficient (Wildman–Crippen LogP) is 3.98. The van der Waals surface area contributed by atoms with Gasteiger partial charge in [0.15, 0.2) is 0 Å². The second-order valence-electron chi connectivity index (χ2n) is 4.59. The van der Waals surface area contributed by atoms with Crippen molar-refractivity contribution in [3.8, 4) is 0 Å². The summed E-state index contributed by atoms with van der Waals surface area (Å²) < 4.78 is 6.77. The van der Waals surface area contributed by atoms with Crippen molar-refractivity contribution in [1.29, 1.82) is 0 Å². The van der Waals surface area contributed by atoms with Gasteiger partial charge in [-0.05, 0) is 31.4 Å². The lowest BCUT2D eigenvalue weighted by molar-refractivity contribution is 0.0400. The summed E-state index contributed by atoms with van der Waals surface area (Å²) in [5, 5.41) is 0. The number of hydrogen-bond acceptors (Lipinski definition) is 2. The van der Waals surface area contributed by atoms with E-state index in [1.807, 2.05) is 18.2 Å². The fraction of sp³-hybridized carbons (Fsp3) is 0.538. The van der Waals surface area contributed by atoms with E-state index in [0.29, 0.717) is 12.5 Å². The van der Waals surface area contributed by atoms with Crippen LogP contribution in [0, 0.1) is 5.92 Å². The van der Waals surface area contributed by atoms with Gasteiger partial charge in [-0.2, -0.15) is 0 Å². The summed E-state index contributed by atoms with van der Waals surface area (Å²) in [5.74, 6) is 0.664. The number of halogens is 1. The zero-order chi connectivity index (χ0) is 12.1. The van der Waals surface area contributed by atoms with Crippen LogP contribution < -0.4 is 5.73 Å². The summed E-state index contributed by atoms with van der Waals surface area (Å²) in [6.45, 7) is 7.10. The number of rotatable bonds is 5. The maximum Gasteiger partial charge on any atom is 0.0740 e. The van der Waals surface area contributed by atoms with Crippen LogP contribution in [0.1, 0.15) is 32.8 Å². The third kappa shape index (κ3) is 4.54. The molecule has 1 aromatic carbocycles. The van der Waals surface area contributed by atoms with Crippen molar-refractivity contribution >= 4 is 21.6 Å². The van der Waals surface area contributed by atoms with Crippen molar-refractivity contribution in [2.75, 3.05) is 5.73 Å². The zero-order valence-corrected chi connectivity index (χ0v) is 11.8. The van der Waals surface area contributed by atoms with E-state index >= 15 is 0 Å². The number of nitrogens with two attached hydrogens (primary N) is 1. The molecule has 0 heterocycles. The molecule has 0 radical (unpaired) electrons. The van der Waals surface area contributed by atoms with Crippen molar-refractivity contribution in [3.63, 3.8) is 0 Å². The molecule has 0 aliphatic rings. The van der Waals surface area contributed by atoms with Gasteiger partial charge in [-0.3, -0.25) is 0 Å². The summed E-state index contributed by atoms with van der Waals surface area (Å²) in [7, 11) is 0. The molecule has 0 saturated heterocycles. The highest BCUT2D eigenvalue weighted by atomic mass is 79.9. The minimum atomic E-state index is 0.281. The van der Waals surface area contributed by atoms with Gasteiger partial charge in [0.2, 0.25) is 0 Å². The Hall–Kier alpha value is -0.540.